The average molecular weight is 580 g/mol. The third-order valence-electron chi connectivity index (χ3n) is 6.91. The first-order chi connectivity index (χ1) is 19.5. The summed E-state index contributed by atoms with van der Waals surface area (Å²) in [5.74, 6) is -0.515. The zero-order chi connectivity index (χ0) is 29.7. The normalized spacial score (nSPS) is 18.9. The highest BCUT2D eigenvalue weighted by atomic mass is 31.1. The fourth-order valence-electron chi connectivity index (χ4n) is 5.38. The van der Waals surface area contributed by atoms with E-state index in [0.29, 0.717) is 11.1 Å². The van der Waals surface area contributed by atoms with Gasteiger partial charge in [-0.05, 0) is 51.3 Å². The lowest BCUT2D eigenvalue weighted by Gasteiger charge is -2.40. The summed E-state index contributed by atoms with van der Waals surface area (Å²) in [6, 6.07) is 27.0. The molecular weight excluding hydrogens is 541 g/mol. The molecule has 1 amide bonds. The van der Waals surface area contributed by atoms with Crippen LogP contribution in [0, 0.1) is 0 Å². The van der Waals surface area contributed by atoms with Crippen LogP contribution in [0.4, 0.5) is 4.79 Å². The fraction of sp³-hybridized carbons (Fsp3) is 0.375. The van der Waals surface area contributed by atoms with Crippen molar-refractivity contribution < 1.29 is 32.9 Å². The van der Waals surface area contributed by atoms with Gasteiger partial charge in [-0.2, -0.15) is 0 Å². The Bertz CT molecular complexity index is 1290. The highest BCUT2D eigenvalue weighted by Crippen LogP contribution is 2.49. The third-order valence-corrected chi connectivity index (χ3v) is 7.38. The van der Waals surface area contributed by atoms with E-state index in [2.05, 4.69) is 0 Å². The molecule has 9 heteroatoms. The van der Waals surface area contributed by atoms with E-state index < -0.39 is 49.8 Å². The molecule has 3 aromatic carbocycles. The minimum atomic E-state index is -1.73. The quantitative estimate of drug-likeness (QED) is 0.211. The summed E-state index contributed by atoms with van der Waals surface area (Å²) in [5, 5.41) is 0. The molecule has 3 unspecified atom stereocenters. The second kappa shape index (κ2) is 12.6. The molecule has 0 bridgehead atoms. The molecule has 1 fully saturated rings. The van der Waals surface area contributed by atoms with Crippen molar-refractivity contribution in [2.75, 3.05) is 0 Å². The lowest BCUT2D eigenvalue weighted by Crippen LogP contribution is -2.53. The third kappa shape index (κ3) is 6.89. The van der Waals surface area contributed by atoms with Gasteiger partial charge < -0.3 is 18.7 Å². The largest absolute Gasteiger partial charge is 0.460 e. The molecule has 41 heavy (non-hydrogen) atoms. The average Bonchev–Trinajstić information content (AvgIpc) is 3.20. The Morgan fingerprint density at radius 2 is 1.39 bits per heavy atom. The maximum Gasteiger partial charge on any atom is 0.412 e. The van der Waals surface area contributed by atoms with E-state index >= 15 is 0 Å². The first-order valence-electron chi connectivity index (χ1n) is 13.6. The van der Waals surface area contributed by atoms with E-state index in [1.807, 2.05) is 91.0 Å². The Morgan fingerprint density at radius 1 is 0.878 bits per heavy atom. The molecule has 1 aliphatic rings. The van der Waals surface area contributed by atoms with E-state index in [1.165, 1.54) is 4.90 Å². The number of ether oxygens (including phenoxy) is 3. The second-order valence-corrected chi connectivity index (χ2v) is 11.9. The molecule has 0 N–H and O–H groups in total. The van der Waals surface area contributed by atoms with E-state index in [-0.39, 0.29) is 13.0 Å². The smallest absolute Gasteiger partial charge is 0.412 e. The number of hydrogen-bond donors (Lipinski definition) is 0. The van der Waals surface area contributed by atoms with Gasteiger partial charge in [-0.25, -0.2) is 4.79 Å². The zero-order valence-electron chi connectivity index (χ0n) is 24.1. The summed E-state index contributed by atoms with van der Waals surface area (Å²) in [7, 11) is -1.73. The highest BCUT2D eigenvalue weighted by molar-refractivity contribution is 7.17. The molecule has 1 heterocycles. The number of benzene rings is 3. The maximum absolute atomic E-state index is 13.8. The molecule has 3 atom stereocenters. The van der Waals surface area contributed by atoms with Crippen LogP contribution in [0.1, 0.15) is 57.7 Å². The van der Waals surface area contributed by atoms with Crippen molar-refractivity contribution in [3.05, 3.63) is 108 Å². The van der Waals surface area contributed by atoms with Crippen LogP contribution in [-0.4, -0.2) is 40.4 Å². The van der Waals surface area contributed by atoms with E-state index in [4.69, 9.17) is 18.7 Å². The predicted molar refractivity (Wildman–Crippen MR) is 157 cm³/mol. The monoisotopic (exact) mass is 579 g/mol. The molecule has 0 radical (unpaired) electrons. The standard InChI is InChI=1S/C32H38NO7P/c1-30(2,3)38-27(34)21-26-28(39-31(4,5)33(26)29(35)37-22-23-15-9-6-10-16-23)32(40-41-36,24-17-11-7-12-18-24)25-19-13-8-14-20-25/h6-20,26,28H,21-22,41H2,1-5H3. The number of carbonyl (C=O) groups excluding carboxylic acids is 2. The van der Waals surface area contributed by atoms with Crippen LogP contribution in [-0.2, 0) is 40.3 Å². The van der Waals surface area contributed by atoms with Crippen LogP contribution >= 0.6 is 8.69 Å². The van der Waals surface area contributed by atoms with Gasteiger partial charge in [-0.1, -0.05) is 91.0 Å². The van der Waals surface area contributed by atoms with E-state index in [0.717, 1.165) is 5.56 Å². The number of esters is 1. The first-order valence-corrected chi connectivity index (χ1v) is 14.5. The second-order valence-electron chi connectivity index (χ2n) is 11.4. The summed E-state index contributed by atoms with van der Waals surface area (Å²) >= 11 is 0. The number of hydrogen-bond acceptors (Lipinski definition) is 7. The minimum absolute atomic E-state index is 0.0415. The van der Waals surface area contributed by atoms with Crippen LogP contribution in [0.5, 0.6) is 0 Å². The van der Waals surface area contributed by atoms with Crippen molar-refractivity contribution in [1.29, 1.82) is 0 Å². The SMILES string of the molecule is CC(C)(C)OC(=O)CC1C(C(O[PH2]=O)(c2ccccc2)c2ccccc2)OC(C)(C)N1C(=O)OCc1ccccc1. The van der Waals surface area contributed by atoms with Gasteiger partial charge in [0.25, 0.3) is 0 Å². The van der Waals surface area contributed by atoms with Gasteiger partial charge in [0.15, 0.2) is 14.3 Å². The molecule has 8 nitrogen and oxygen atoms in total. The Kier molecular flexibility index (Phi) is 9.37. The molecule has 4 rings (SSSR count). The van der Waals surface area contributed by atoms with Crippen molar-refractivity contribution in [3.63, 3.8) is 0 Å². The van der Waals surface area contributed by atoms with Crippen LogP contribution in [0.3, 0.4) is 0 Å². The predicted octanol–water partition coefficient (Wildman–Crippen LogP) is 6.49. The van der Waals surface area contributed by atoms with Crippen LogP contribution in [0.15, 0.2) is 91.0 Å². The van der Waals surface area contributed by atoms with Crippen molar-refractivity contribution in [1.82, 2.24) is 4.90 Å². The fourth-order valence-corrected chi connectivity index (χ4v) is 5.93. The first kappa shape index (κ1) is 30.5. The van der Waals surface area contributed by atoms with Crippen LogP contribution < -0.4 is 0 Å². The molecule has 3 aromatic rings. The summed E-state index contributed by atoms with van der Waals surface area (Å²) in [6.07, 6.45) is -1.81. The maximum atomic E-state index is 13.8. The van der Waals surface area contributed by atoms with Gasteiger partial charge in [0, 0.05) is 0 Å². The Labute approximate surface area is 242 Å². The topological polar surface area (TPSA) is 91.4 Å². The molecule has 218 valence electrons. The number of amides is 1. The molecule has 1 aliphatic heterocycles. The number of rotatable bonds is 9. The van der Waals surface area contributed by atoms with Gasteiger partial charge in [-0.3, -0.25) is 14.3 Å². The van der Waals surface area contributed by atoms with Crippen molar-refractivity contribution in [2.45, 2.75) is 76.7 Å². The van der Waals surface area contributed by atoms with Gasteiger partial charge >= 0.3 is 12.1 Å². The van der Waals surface area contributed by atoms with Crippen LogP contribution in [0.2, 0.25) is 0 Å². The Balaban J connectivity index is 1.84. The number of carbonyl (C=O) groups is 2. The highest BCUT2D eigenvalue weighted by Gasteiger charge is 2.60. The Hall–Kier alpha value is -3.45. The van der Waals surface area contributed by atoms with E-state index in [9.17, 15) is 14.2 Å². The van der Waals surface area contributed by atoms with Gasteiger partial charge in [0.05, 0.1) is 12.5 Å². The Morgan fingerprint density at radius 3 is 1.88 bits per heavy atom. The molecule has 0 aromatic heterocycles. The zero-order valence-corrected chi connectivity index (χ0v) is 25.3. The molecule has 1 saturated heterocycles. The van der Waals surface area contributed by atoms with Crippen molar-refractivity contribution in [3.8, 4) is 0 Å². The van der Waals surface area contributed by atoms with Crippen LogP contribution in [0.25, 0.3) is 0 Å². The van der Waals surface area contributed by atoms with Crippen molar-refractivity contribution >= 4 is 20.7 Å². The summed E-state index contributed by atoms with van der Waals surface area (Å²) in [5.41, 5.74) is -1.22. The summed E-state index contributed by atoms with van der Waals surface area (Å²) in [4.78, 5) is 28.6. The summed E-state index contributed by atoms with van der Waals surface area (Å²) in [6.45, 7) is 8.87. The van der Waals surface area contributed by atoms with Gasteiger partial charge in [-0.15, -0.1) is 0 Å². The minimum Gasteiger partial charge on any atom is -0.460 e. The van der Waals surface area contributed by atoms with Gasteiger partial charge in [0.1, 0.15) is 24.0 Å². The lowest BCUT2D eigenvalue weighted by molar-refractivity contribution is -0.156. The van der Waals surface area contributed by atoms with Crippen molar-refractivity contribution in [2.24, 2.45) is 0 Å². The number of nitrogens with zero attached hydrogens (tertiary/aromatic N) is 1. The van der Waals surface area contributed by atoms with E-state index in [1.54, 1.807) is 34.6 Å². The van der Waals surface area contributed by atoms with Gasteiger partial charge in [0.2, 0.25) is 0 Å². The molecule has 0 saturated carbocycles. The summed E-state index contributed by atoms with van der Waals surface area (Å²) < 4.78 is 36.7. The lowest BCUT2D eigenvalue weighted by atomic mass is 9.78. The molecule has 0 spiro atoms. The molecule has 0 aliphatic carbocycles. The molecular formula is C32H38NO7P.